The summed E-state index contributed by atoms with van der Waals surface area (Å²) in [6.07, 6.45) is 4.66. The Bertz CT molecular complexity index is 314. The van der Waals surface area contributed by atoms with Gasteiger partial charge in [0, 0.05) is 11.6 Å². The number of nitrogens with one attached hydrogen (secondary N) is 1. The molecule has 4 nitrogen and oxygen atoms in total. The van der Waals surface area contributed by atoms with Crippen LogP contribution in [0.3, 0.4) is 0 Å². The summed E-state index contributed by atoms with van der Waals surface area (Å²) in [5.74, 6) is -0.187. The number of ether oxygens (including phenoxy) is 1. The second kappa shape index (κ2) is 8.20. The van der Waals surface area contributed by atoms with E-state index in [0.717, 1.165) is 24.3 Å². The molecule has 0 bridgehead atoms. The zero-order chi connectivity index (χ0) is 12.5. The Hall–Kier alpha value is -0.940. The van der Waals surface area contributed by atoms with Gasteiger partial charge >= 0.3 is 5.97 Å². The molecule has 0 fully saturated rings. The van der Waals surface area contributed by atoms with Gasteiger partial charge in [-0.2, -0.15) is 0 Å². The van der Waals surface area contributed by atoms with Crippen LogP contribution in [0.1, 0.15) is 44.2 Å². The second-order valence-corrected chi connectivity index (χ2v) is 4.71. The molecule has 1 N–H and O–H groups in total. The lowest BCUT2D eigenvalue weighted by Gasteiger charge is -2.13. The van der Waals surface area contributed by atoms with Crippen molar-refractivity contribution in [1.29, 1.82) is 0 Å². The van der Waals surface area contributed by atoms with Crippen molar-refractivity contribution < 1.29 is 9.53 Å². The fourth-order valence-electron chi connectivity index (χ4n) is 1.40. The number of hydrogen-bond acceptors (Lipinski definition) is 5. The van der Waals surface area contributed by atoms with E-state index in [9.17, 15) is 4.79 Å². The summed E-state index contributed by atoms with van der Waals surface area (Å²) in [5, 5.41) is 6.14. The molecule has 0 amide bonds. The third-order valence-corrected chi connectivity index (χ3v) is 3.30. The van der Waals surface area contributed by atoms with Crippen LogP contribution >= 0.6 is 11.3 Å². The third kappa shape index (κ3) is 5.28. The first-order chi connectivity index (χ1) is 8.27. The molecule has 0 spiro atoms. The van der Waals surface area contributed by atoms with Crippen molar-refractivity contribution in [2.75, 3.05) is 13.2 Å². The number of hydrogen-bond donors (Lipinski definition) is 1. The third-order valence-electron chi connectivity index (χ3n) is 2.41. The molecule has 0 aromatic carbocycles. The maximum Gasteiger partial charge on any atom is 0.319 e. The second-order valence-electron chi connectivity index (χ2n) is 3.79. The predicted molar refractivity (Wildman–Crippen MR) is 69.0 cm³/mol. The van der Waals surface area contributed by atoms with E-state index in [4.69, 9.17) is 4.74 Å². The van der Waals surface area contributed by atoms with Crippen LogP contribution in [-0.4, -0.2) is 24.1 Å². The van der Waals surface area contributed by atoms with Crippen LogP contribution in [0.4, 0.5) is 0 Å². The largest absolute Gasteiger partial charge is 0.465 e. The van der Waals surface area contributed by atoms with Crippen LogP contribution in [0, 0.1) is 0 Å². The molecule has 1 heterocycles. The van der Waals surface area contributed by atoms with Gasteiger partial charge in [0.15, 0.2) is 0 Å². The average molecular weight is 256 g/mol. The first-order valence-corrected chi connectivity index (χ1v) is 6.94. The topological polar surface area (TPSA) is 51.2 Å². The normalized spacial score (nSPS) is 12.4. The van der Waals surface area contributed by atoms with Crippen LogP contribution in [0.15, 0.2) is 11.6 Å². The average Bonchev–Trinajstić information content (AvgIpc) is 2.84. The summed E-state index contributed by atoms with van der Waals surface area (Å²) in [5.41, 5.74) is 0. The molecule has 0 radical (unpaired) electrons. The number of thiazole rings is 1. The molecule has 1 aromatic rings. The van der Waals surface area contributed by atoms with Crippen LogP contribution in [0.5, 0.6) is 0 Å². The van der Waals surface area contributed by atoms with Gasteiger partial charge in [-0.05, 0) is 12.8 Å². The van der Waals surface area contributed by atoms with Gasteiger partial charge < -0.3 is 4.74 Å². The van der Waals surface area contributed by atoms with E-state index >= 15 is 0 Å². The summed E-state index contributed by atoms with van der Waals surface area (Å²) < 4.78 is 5.08. The van der Waals surface area contributed by atoms with Crippen LogP contribution in [0.25, 0.3) is 0 Å². The predicted octanol–water partition coefficient (Wildman–Crippen LogP) is 2.53. The monoisotopic (exact) mass is 256 g/mol. The SMILES string of the molecule is CCCCOC(=O)CNC(CC)c1nccs1. The Labute approximate surface area is 106 Å². The van der Waals surface area contributed by atoms with Gasteiger partial charge in [-0.15, -0.1) is 11.3 Å². The van der Waals surface area contributed by atoms with Gasteiger partial charge in [0.2, 0.25) is 0 Å². The molecular weight excluding hydrogens is 236 g/mol. The molecule has 0 aliphatic carbocycles. The van der Waals surface area contributed by atoms with E-state index in [-0.39, 0.29) is 18.6 Å². The number of unbranched alkanes of at least 4 members (excludes halogenated alkanes) is 1. The molecule has 1 atom stereocenters. The van der Waals surface area contributed by atoms with E-state index in [2.05, 4.69) is 24.1 Å². The molecule has 1 aromatic heterocycles. The lowest BCUT2D eigenvalue weighted by molar-refractivity contribution is -0.142. The van der Waals surface area contributed by atoms with Gasteiger partial charge in [0.05, 0.1) is 19.2 Å². The Morgan fingerprint density at radius 2 is 2.41 bits per heavy atom. The van der Waals surface area contributed by atoms with Gasteiger partial charge in [-0.3, -0.25) is 10.1 Å². The lowest BCUT2D eigenvalue weighted by atomic mass is 10.2. The lowest BCUT2D eigenvalue weighted by Crippen LogP contribution is -2.28. The molecule has 0 saturated heterocycles. The van der Waals surface area contributed by atoms with Crippen molar-refractivity contribution in [2.45, 2.75) is 39.2 Å². The molecule has 0 aliphatic heterocycles. The Balaban J connectivity index is 2.26. The number of rotatable bonds is 8. The van der Waals surface area contributed by atoms with Crippen molar-refractivity contribution in [1.82, 2.24) is 10.3 Å². The van der Waals surface area contributed by atoms with Crippen LogP contribution in [-0.2, 0) is 9.53 Å². The molecular formula is C12H20N2O2S. The van der Waals surface area contributed by atoms with Crippen molar-refractivity contribution >= 4 is 17.3 Å². The number of carbonyl (C=O) groups is 1. The molecule has 1 unspecified atom stereocenters. The zero-order valence-electron chi connectivity index (χ0n) is 10.4. The van der Waals surface area contributed by atoms with Gasteiger partial charge in [0.1, 0.15) is 5.01 Å². The molecule has 0 aliphatic rings. The van der Waals surface area contributed by atoms with Gasteiger partial charge in [0.25, 0.3) is 0 Å². The standard InChI is InChI=1S/C12H20N2O2S/c1-3-5-7-16-11(15)9-14-10(4-2)12-13-6-8-17-12/h6,8,10,14H,3-5,7,9H2,1-2H3. The Kier molecular flexibility index (Phi) is 6.81. The van der Waals surface area contributed by atoms with Crippen LogP contribution < -0.4 is 5.32 Å². The van der Waals surface area contributed by atoms with E-state index < -0.39 is 0 Å². The molecule has 1 rings (SSSR count). The van der Waals surface area contributed by atoms with Gasteiger partial charge in [-0.25, -0.2) is 4.98 Å². The summed E-state index contributed by atoms with van der Waals surface area (Å²) in [7, 11) is 0. The molecule has 5 heteroatoms. The minimum Gasteiger partial charge on any atom is -0.465 e. The number of aromatic nitrogens is 1. The highest BCUT2D eigenvalue weighted by molar-refractivity contribution is 7.09. The molecule has 96 valence electrons. The first kappa shape index (κ1) is 14.1. The van der Waals surface area contributed by atoms with E-state index in [1.165, 1.54) is 0 Å². The minimum atomic E-state index is -0.187. The van der Waals surface area contributed by atoms with Gasteiger partial charge in [-0.1, -0.05) is 20.3 Å². The maximum atomic E-state index is 11.4. The van der Waals surface area contributed by atoms with E-state index in [1.807, 2.05) is 5.38 Å². The van der Waals surface area contributed by atoms with Crippen molar-refractivity contribution in [3.63, 3.8) is 0 Å². The fourth-order valence-corrected chi connectivity index (χ4v) is 2.20. The number of nitrogens with zero attached hydrogens (tertiary/aromatic N) is 1. The summed E-state index contributed by atoms with van der Waals surface area (Å²) in [6, 6.07) is 0.147. The molecule has 0 saturated carbocycles. The summed E-state index contributed by atoms with van der Waals surface area (Å²) >= 11 is 1.60. The smallest absolute Gasteiger partial charge is 0.319 e. The number of esters is 1. The van der Waals surface area contributed by atoms with E-state index in [1.54, 1.807) is 17.5 Å². The highest BCUT2D eigenvalue weighted by Gasteiger charge is 2.13. The van der Waals surface area contributed by atoms with Crippen molar-refractivity contribution in [3.05, 3.63) is 16.6 Å². The van der Waals surface area contributed by atoms with E-state index in [0.29, 0.717) is 6.61 Å². The van der Waals surface area contributed by atoms with Crippen LogP contribution in [0.2, 0.25) is 0 Å². The highest BCUT2D eigenvalue weighted by atomic mass is 32.1. The highest BCUT2D eigenvalue weighted by Crippen LogP contribution is 2.18. The summed E-state index contributed by atoms with van der Waals surface area (Å²) in [6.45, 7) is 4.91. The quantitative estimate of drug-likeness (QED) is 0.573. The number of carbonyl (C=O) groups excluding carboxylic acids is 1. The van der Waals surface area contributed by atoms with Crippen molar-refractivity contribution in [2.24, 2.45) is 0 Å². The minimum absolute atomic E-state index is 0.147. The molecule has 17 heavy (non-hydrogen) atoms. The summed E-state index contributed by atoms with van der Waals surface area (Å²) in [4.78, 5) is 15.7. The Morgan fingerprint density at radius 3 is 3.00 bits per heavy atom. The zero-order valence-corrected chi connectivity index (χ0v) is 11.3. The first-order valence-electron chi connectivity index (χ1n) is 6.06. The van der Waals surface area contributed by atoms with Crippen molar-refractivity contribution in [3.8, 4) is 0 Å². The maximum absolute atomic E-state index is 11.4. The Morgan fingerprint density at radius 1 is 1.59 bits per heavy atom. The fraction of sp³-hybridized carbons (Fsp3) is 0.667.